The number of carbonyl (C=O) groups is 2. The Bertz CT molecular complexity index is 1630. The summed E-state index contributed by atoms with van der Waals surface area (Å²) in [5.41, 5.74) is -6.90. The molecule has 2 aromatic rings. The summed E-state index contributed by atoms with van der Waals surface area (Å²) in [6.07, 6.45) is -7.40. The largest absolute Gasteiger partial charge is 0.483 e. The fourth-order valence-corrected chi connectivity index (χ4v) is 11.0. The van der Waals surface area contributed by atoms with Gasteiger partial charge in [-0.3, -0.25) is 9.59 Å². The van der Waals surface area contributed by atoms with Crippen LogP contribution >= 0.6 is 0 Å². The first kappa shape index (κ1) is 36.1. The van der Waals surface area contributed by atoms with Crippen LogP contribution < -0.4 is 0 Å². The standard InChI is InChI=1S/C33H36F7NO3S.CH2O2/c1-3-21-4-8-24(9-5-21)45(43,44)30-18-19-41(27(42)29-15-12-28(2,13-16-29)14-17-29)26(30)11-6-22-20-23(7-10-25(22)30)31(34,32(35,36)37)33(38,39)40;2-1-3/h4-5,7-10,20,26H,3,6,11-19H2,1-2H3;1H,(H,2,3). The van der Waals surface area contributed by atoms with Crippen molar-refractivity contribution in [2.45, 2.75) is 112 Å². The summed E-state index contributed by atoms with van der Waals surface area (Å²) >= 11 is 0. The Morgan fingerprint density at radius 1 is 0.917 bits per heavy atom. The van der Waals surface area contributed by atoms with Gasteiger partial charge in [-0.1, -0.05) is 44.2 Å². The zero-order chi connectivity index (χ0) is 35.6. The molecule has 2 bridgehead atoms. The summed E-state index contributed by atoms with van der Waals surface area (Å²) in [6, 6.07) is 7.19. The third-order valence-corrected chi connectivity index (χ3v) is 14.1. The van der Waals surface area contributed by atoms with Crippen molar-refractivity contribution in [3.05, 3.63) is 64.7 Å². The highest BCUT2D eigenvalue weighted by Crippen LogP contribution is 2.60. The monoisotopic (exact) mass is 705 g/mol. The van der Waals surface area contributed by atoms with Crippen molar-refractivity contribution in [2.75, 3.05) is 6.54 Å². The van der Waals surface area contributed by atoms with Crippen molar-refractivity contribution >= 4 is 22.2 Å². The Morgan fingerprint density at radius 3 is 1.96 bits per heavy atom. The molecule has 264 valence electrons. The van der Waals surface area contributed by atoms with Gasteiger partial charge in [0, 0.05) is 17.5 Å². The average molecular weight is 706 g/mol. The van der Waals surface area contributed by atoms with Crippen LogP contribution in [-0.2, 0) is 42.7 Å². The second kappa shape index (κ2) is 12.0. The highest BCUT2D eigenvalue weighted by molar-refractivity contribution is 7.92. The summed E-state index contributed by atoms with van der Waals surface area (Å²) in [4.78, 5) is 24.3. The minimum atomic E-state index is -6.30. The van der Waals surface area contributed by atoms with Gasteiger partial charge in [0.05, 0.1) is 10.9 Å². The first-order valence-corrected chi connectivity index (χ1v) is 17.4. The SMILES string of the molecule is CCc1ccc(S(=O)(=O)C23CCN(C(=O)C45CCC(C)(CC4)CC5)C2CCc2cc(C(F)(C(F)(F)F)C(F)(F)F)ccc23)cc1.O=CO. The number of rotatable bonds is 5. The molecule has 3 saturated carbocycles. The van der Waals surface area contributed by atoms with E-state index in [1.54, 1.807) is 17.0 Å². The van der Waals surface area contributed by atoms with E-state index < -0.39 is 49.6 Å². The first-order valence-electron chi connectivity index (χ1n) is 16.0. The van der Waals surface area contributed by atoms with Crippen LogP contribution in [0.3, 0.4) is 0 Å². The molecule has 6 nitrogen and oxygen atoms in total. The molecule has 1 saturated heterocycles. The molecule has 2 unspecified atom stereocenters. The van der Waals surface area contributed by atoms with Crippen LogP contribution in [0.4, 0.5) is 30.7 Å². The van der Waals surface area contributed by atoms with Gasteiger partial charge in [0.1, 0.15) is 4.75 Å². The van der Waals surface area contributed by atoms with Crippen molar-refractivity contribution in [1.29, 1.82) is 0 Å². The van der Waals surface area contributed by atoms with E-state index in [1.807, 2.05) is 6.92 Å². The number of carbonyl (C=O) groups excluding carboxylic acids is 1. The van der Waals surface area contributed by atoms with E-state index in [0.717, 1.165) is 30.9 Å². The third kappa shape index (κ3) is 5.31. The van der Waals surface area contributed by atoms with Gasteiger partial charge in [0.2, 0.25) is 5.91 Å². The smallest absolute Gasteiger partial charge is 0.435 e. The van der Waals surface area contributed by atoms with Crippen molar-refractivity contribution in [1.82, 2.24) is 4.90 Å². The van der Waals surface area contributed by atoms with E-state index in [9.17, 15) is 39.6 Å². The van der Waals surface area contributed by atoms with E-state index >= 15 is 4.39 Å². The summed E-state index contributed by atoms with van der Waals surface area (Å²) in [5.74, 6) is -0.121. The fraction of sp³-hybridized carbons (Fsp3) is 0.588. The number of likely N-dealkylation sites (tertiary alicyclic amines) is 1. The molecule has 2 aromatic carbocycles. The van der Waals surface area contributed by atoms with Crippen molar-refractivity contribution in [2.24, 2.45) is 10.8 Å². The Balaban J connectivity index is 0.00000145. The normalized spacial score (nSPS) is 28.6. The third-order valence-electron chi connectivity index (χ3n) is 11.5. The lowest BCUT2D eigenvalue weighted by molar-refractivity contribution is -0.348. The molecule has 5 aliphatic rings. The summed E-state index contributed by atoms with van der Waals surface area (Å²) < 4.78 is 125. The number of aryl methyl sites for hydroxylation is 2. The lowest BCUT2D eigenvalue weighted by Gasteiger charge is -2.53. The number of carboxylic acid groups (broad SMARTS) is 1. The molecular formula is C34H38F7NO5S. The van der Waals surface area contributed by atoms with E-state index in [-0.39, 0.29) is 59.6 Å². The molecule has 2 atom stereocenters. The van der Waals surface area contributed by atoms with Crippen molar-refractivity contribution in [3.63, 3.8) is 0 Å². The van der Waals surface area contributed by atoms with Gasteiger partial charge in [0.15, 0.2) is 9.84 Å². The summed E-state index contributed by atoms with van der Waals surface area (Å²) in [5, 5.41) is 6.89. The molecule has 0 radical (unpaired) electrons. The molecule has 4 fully saturated rings. The molecule has 0 aromatic heterocycles. The van der Waals surface area contributed by atoms with Crippen molar-refractivity contribution in [3.8, 4) is 0 Å². The van der Waals surface area contributed by atoms with E-state index in [0.29, 0.717) is 37.8 Å². The quantitative estimate of drug-likeness (QED) is 0.253. The number of alkyl halides is 7. The van der Waals surface area contributed by atoms with Crippen LogP contribution in [0.25, 0.3) is 0 Å². The van der Waals surface area contributed by atoms with Crippen LogP contribution in [0.2, 0.25) is 0 Å². The second-order valence-corrected chi connectivity index (χ2v) is 16.1. The highest BCUT2D eigenvalue weighted by Gasteiger charge is 2.74. The van der Waals surface area contributed by atoms with Crippen LogP contribution in [0, 0.1) is 10.8 Å². The van der Waals surface area contributed by atoms with Crippen LogP contribution in [-0.4, -0.2) is 55.7 Å². The number of amides is 1. The van der Waals surface area contributed by atoms with Crippen LogP contribution in [0.5, 0.6) is 0 Å². The molecule has 1 amide bonds. The van der Waals surface area contributed by atoms with Gasteiger partial charge >= 0.3 is 18.0 Å². The number of hydrogen-bond acceptors (Lipinski definition) is 4. The maximum Gasteiger partial charge on any atom is 0.435 e. The molecule has 4 aliphatic carbocycles. The van der Waals surface area contributed by atoms with Gasteiger partial charge < -0.3 is 10.0 Å². The van der Waals surface area contributed by atoms with Gasteiger partial charge in [-0.2, -0.15) is 26.3 Å². The fourth-order valence-electron chi connectivity index (χ4n) is 8.59. The lowest BCUT2D eigenvalue weighted by atomic mass is 9.54. The van der Waals surface area contributed by atoms with Gasteiger partial charge in [-0.15, -0.1) is 0 Å². The minimum Gasteiger partial charge on any atom is -0.483 e. The van der Waals surface area contributed by atoms with Gasteiger partial charge in [0.25, 0.3) is 6.47 Å². The Labute approximate surface area is 274 Å². The molecule has 0 spiro atoms. The Morgan fingerprint density at radius 2 is 1.46 bits per heavy atom. The molecular weight excluding hydrogens is 667 g/mol. The van der Waals surface area contributed by atoms with Crippen molar-refractivity contribution < 1.29 is 53.8 Å². The molecule has 14 heteroatoms. The summed E-state index contributed by atoms with van der Waals surface area (Å²) in [7, 11) is -4.36. The molecule has 1 N–H and O–H groups in total. The lowest BCUT2D eigenvalue weighted by Crippen LogP contribution is -2.57. The Kier molecular flexibility index (Phi) is 9.04. The molecule has 1 heterocycles. The van der Waals surface area contributed by atoms with Gasteiger partial charge in [-0.05, 0) is 98.4 Å². The average Bonchev–Trinajstić information content (AvgIpc) is 3.45. The maximum atomic E-state index is 15.1. The number of halogens is 7. The molecule has 7 rings (SSSR count). The number of benzene rings is 2. The zero-order valence-corrected chi connectivity index (χ0v) is 27.4. The predicted octanol–water partition coefficient (Wildman–Crippen LogP) is 7.82. The Hall–Kier alpha value is -3.16. The minimum absolute atomic E-state index is 0.000413. The second-order valence-electron chi connectivity index (χ2n) is 13.9. The molecule has 48 heavy (non-hydrogen) atoms. The van der Waals surface area contributed by atoms with E-state index in [2.05, 4.69) is 6.92 Å². The molecule has 1 aliphatic heterocycles. The zero-order valence-electron chi connectivity index (χ0n) is 26.6. The van der Waals surface area contributed by atoms with Crippen LogP contribution in [0.15, 0.2) is 47.4 Å². The van der Waals surface area contributed by atoms with E-state index in [4.69, 9.17) is 9.90 Å². The first-order chi connectivity index (χ1) is 22.3. The van der Waals surface area contributed by atoms with E-state index in [1.165, 1.54) is 12.1 Å². The number of nitrogens with zero attached hydrogens (tertiary/aromatic N) is 1. The topological polar surface area (TPSA) is 91.8 Å². The highest BCUT2D eigenvalue weighted by atomic mass is 32.2. The van der Waals surface area contributed by atoms with Gasteiger partial charge in [-0.25, -0.2) is 12.8 Å². The maximum absolute atomic E-state index is 15.1. The van der Waals surface area contributed by atoms with Crippen LogP contribution in [0.1, 0.15) is 87.5 Å². The number of hydrogen-bond donors (Lipinski definition) is 1. The summed E-state index contributed by atoms with van der Waals surface area (Å²) in [6.45, 7) is 3.95. The number of sulfone groups is 1. The number of fused-ring (bicyclic) bond motifs is 6. The predicted molar refractivity (Wildman–Crippen MR) is 161 cm³/mol.